The van der Waals surface area contributed by atoms with Gasteiger partial charge >= 0.3 is 18.2 Å². The molecule has 7 nitrogen and oxygen atoms in total. The van der Waals surface area contributed by atoms with E-state index in [4.69, 9.17) is 27.9 Å². The van der Waals surface area contributed by atoms with Crippen LogP contribution in [0.15, 0.2) is 91.0 Å². The Morgan fingerprint density at radius 3 is 2.07 bits per heavy atom. The molecule has 46 heavy (non-hydrogen) atoms. The van der Waals surface area contributed by atoms with Crippen molar-refractivity contribution in [3.8, 4) is 11.1 Å². The molecule has 4 aromatic carbocycles. The summed E-state index contributed by atoms with van der Waals surface area (Å²) in [7, 11) is 0. The monoisotopic (exact) mass is 670 g/mol. The molecule has 238 valence electrons. The minimum absolute atomic E-state index is 0.0272. The topological polar surface area (TPSA) is 95.9 Å². The van der Waals surface area contributed by atoms with E-state index in [1.165, 1.54) is 30.3 Å². The van der Waals surface area contributed by atoms with Crippen molar-refractivity contribution in [2.45, 2.75) is 31.0 Å². The lowest BCUT2D eigenvalue weighted by molar-refractivity contribution is -0.138. The second-order valence-corrected chi connectivity index (χ2v) is 11.5. The number of carbonyl (C=O) groups is 3. The highest BCUT2D eigenvalue weighted by Gasteiger charge is 2.34. The molecule has 0 saturated heterocycles. The van der Waals surface area contributed by atoms with Crippen LogP contribution in [0.3, 0.4) is 0 Å². The highest BCUT2D eigenvalue weighted by Crippen LogP contribution is 2.44. The third-order valence-corrected chi connectivity index (χ3v) is 8.26. The molecule has 0 fully saturated rings. The molecule has 0 aromatic heterocycles. The van der Waals surface area contributed by atoms with Gasteiger partial charge in [-0.1, -0.05) is 77.8 Å². The lowest BCUT2D eigenvalue weighted by atomic mass is 9.98. The predicted molar refractivity (Wildman–Crippen MR) is 168 cm³/mol. The standard InChI is InChI=1S/C34H27Cl2F3N2O5/c35-21-11-13-22(14-12-21)41(18-31(42)43)32(44)30(16-10-20-9-15-28(29(36)17-20)34(37,38)39)40-33(45)46-19-27-25-7-3-1-5-23(25)24-6-2-4-8-26(24)27/h1-9,11-15,17,27,30H,10,16,18-19H2,(H,40,45)(H,42,43)/t30-/m0/s1. The van der Waals surface area contributed by atoms with Crippen LogP contribution in [0.25, 0.3) is 11.1 Å². The average Bonchev–Trinajstić information content (AvgIpc) is 3.34. The number of anilines is 1. The maximum atomic E-state index is 13.8. The number of amides is 2. The zero-order chi connectivity index (χ0) is 33.0. The summed E-state index contributed by atoms with van der Waals surface area (Å²) in [6, 6.07) is 23.3. The maximum absolute atomic E-state index is 13.8. The van der Waals surface area contributed by atoms with Crippen molar-refractivity contribution < 1.29 is 37.4 Å². The minimum atomic E-state index is -4.64. The SMILES string of the molecule is O=C(O)CN(C(=O)[C@H](CCc1ccc(C(F)(F)F)c(Cl)c1)NC(=O)OCC1c2ccccc2-c2ccccc21)c1ccc(Cl)cc1. The van der Waals surface area contributed by atoms with E-state index in [0.717, 1.165) is 39.3 Å². The first-order valence-corrected chi connectivity index (χ1v) is 14.9. The molecule has 12 heteroatoms. The number of alkyl halides is 3. The molecule has 2 amide bonds. The van der Waals surface area contributed by atoms with E-state index in [1.807, 2.05) is 48.5 Å². The third kappa shape index (κ3) is 7.46. The summed E-state index contributed by atoms with van der Waals surface area (Å²) < 4.78 is 45.3. The molecule has 0 heterocycles. The number of carboxylic acids is 1. The number of nitrogens with one attached hydrogen (secondary N) is 1. The molecule has 4 aromatic rings. The molecular weight excluding hydrogens is 644 g/mol. The first-order chi connectivity index (χ1) is 21.9. The van der Waals surface area contributed by atoms with Gasteiger partial charge in [0.25, 0.3) is 0 Å². The zero-order valence-electron chi connectivity index (χ0n) is 24.1. The van der Waals surface area contributed by atoms with Gasteiger partial charge in [0.15, 0.2) is 0 Å². The summed E-state index contributed by atoms with van der Waals surface area (Å²) in [5.74, 6) is -2.33. The Labute approximate surface area is 272 Å². The molecule has 1 aliphatic rings. The summed E-state index contributed by atoms with van der Waals surface area (Å²) in [4.78, 5) is 39.8. The van der Waals surface area contributed by atoms with E-state index >= 15 is 0 Å². The smallest absolute Gasteiger partial charge is 0.417 e. The van der Waals surface area contributed by atoms with Gasteiger partial charge in [0.1, 0.15) is 19.2 Å². The molecular formula is C34H27Cl2F3N2O5. The molecule has 0 aliphatic heterocycles. The van der Waals surface area contributed by atoms with Crippen LogP contribution >= 0.6 is 23.2 Å². The van der Waals surface area contributed by atoms with Crippen molar-refractivity contribution in [1.82, 2.24) is 5.32 Å². The van der Waals surface area contributed by atoms with Gasteiger partial charge < -0.3 is 15.2 Å². The fourth-order valence-corrected chi connectivity index (χ4v) is 5.97. The van der Waals surface area contributed by atoms with Crippen molar-refractivity contribution in [3.05, 3.63) is 123 Å². The summed E-state index contributed by atoms with van der Waals surface area (Å²) in [6.07, 6.45) is -5.64. The number of aliphatic carboxylic acids is 1. The number of carbonyl (C=O) groups excluding carboxylic acids is 2. The molecule has 1 atom stereocenters. The van der Waals surface area contributed by atoms with Crippen LogP contribution in [0.4, 0.5) is 23.7 Å². The Morgan fingerprint density at radius 1 is 0.891 bits per heavy atom. The molecule has 0 radical (unpaired) electrons. The normalized spacial score (nSPS) is 13.0. The molecule has 0 bridgehead atoms. The summed E-state index contributed by atoms with van der Waals surface area (Å²) in [6.45, 7) is -0.763. The van der Waals surface area contributed by atoms with Gasteiger partial charge in [-0.05, 0) is 77.1 Å². The number of fused-ring (bicyclic) bond motifs is 3. The first kappa shape index (κ1) is 32.8. The predicted octanol–water partition coefficient (Wildman–Crippen LogP) is 7.97. The largest absolute Gasteiger partial charge is 0.480 e. The van der Waals surface area contributed by atoms with Crippen LogP contribution in [-0.2, 0) is 26.9 Å². The number of hydrogen-bond donors (Lipinski definition) is 2. The Balaban J connectivity index is 1.37. The zero-order valence-corrected chi connectivity index (χ0v) is 25.6. The van der Waals surface area contributed by atoms with Crippen molar-refractivity contribution >= 4 is 46.9 Å². The number of benzene rings is 4. The van der Waals surface area contributed by atoms with E-state index in [0.29, 0.717) is 10.6 Å². The van der Waals surface area contributed by atoms with Crippen molar-refractivity contribution in [3.63, 3.8) is 0 Å². The van der Waals surface area contributed by atoms with Gasteiger partial charge in [-0.3, -0.25) is 14.5 Å². The van der Waals surface area contributed by atoms with Crippen molar-refractivity contribution in [2.24, 2.45) is 0 Å². The maximum Gasteiger partial charge on any atom is 0.417 e. The van der Waals surface area contributed by atoms with E-state index in [1.54, 1.807) is 0 Å². The average molecular weight is 671 g/mol. The molecule has 5 rings (SSSR count). The fraction of sp³-hybridized carbons (Fsp3) is 0.206. The van der Waals surface area contributed by atoms with Crippen molar-refractivity contribution in [2.75, 3.05) is 18.1 Å². The van der Waals surface area contributed by atoms with E-state index in [2.05, 4.69) is 5.32 Å². The van der Waals surface area contributed by atoms with E-state index in [-0.39, 0.29) is 31.1 Å². The van der Waals surface area contributed by atoms with Crippen LogP contribution < -0.4 is 10.2 Å². The van der Waals surface area contributed by atoms with Gasteiger partial charge in [-0.25, -0.2) is 4.79 Å². The number of halogens is 5. The van der Waals surface area contributed by atoms with Gasteiger partial charge in [0.2, 0.25) is 5.91 Å². The molecule has 0 saturated carbocycles. The summed E-state index contributed by atoms with van der Waals surface area (Å²) in [5.41, 5.74) is 3.62. The molecule has 1 aliphatic carbocycles. The number of carboxylic acid groups (broad SMARTS) is 1. The van der Waals surface area contributed by atoms with Gasteiger partial charge in [0, 0.05) is 16.6 Å². The highest BCUT2D eigenvalue weighted by atomic mass is 35.5. The summed E-state index contributed by atoms with van der Waals surface area (Å²) >= 11 is 11.9. The number of rotatable bonds is 10. The number of alkyl carbamates (subject to hydrolysis) is 1. The number of hydrogen-bond acceptors (Lipinski definition) is 4. The molecule has 0 spiro atoms. The first-order valence-electron chi connectivity index (χ1n) is 14.2. The number of aryl methyl sites for hydroxylation is 1. The number of ether oxygens (including phenoxy) is 1. The Morgan fingerprint density at radius 2 is 1.50 bits per heavy atom. The van der Waals surface area contributed by atoms with Crippen molar-refractivity contribution in [1.29, 1.82) is 0 Å². The lowest BCUT2D eigenvalue weighted by Crippen LogP contribution is -2.50. The van der Waals surface area contributed by atoms with Gasteiger partial charge in [-0.15, -0.1) is 0 Å². The Hall–Kier alpha value is -4.54. The fourth-order valence-electron chi connectivity index (χ4n) is 5.54. The second-order valence-electron chi connectivity index (χ2n) is 10.7. The van der Waals surface area contributed by atoms with E-state index < -0.39 is 47.3 Å². The van der Waals surface area contributed by atoms with Crippen LogP contribution in [0.1, 0.15) is 34.6 Å². The van der Waals surface area contributed by atoms with Gasteiger partial charge in [-0.2, -0.15) is 13.2 Å². The lowest BCUT2D eigenvalue weighted by Gasteiger charge is -2.27. The highest BCUT2D eigenvalue weighted by molar-refractivity contribution is 6.31. The molecule has 0 unspecified atom stereocenters. The van der Waals surface area contributed by atoms with Gasteiger partial charge in [0.05, 0.1) is 10.6 Å². The summed E-state index contributed by atoms with van der Waals surface area (Å²) in [5, 5.41) is 12.0. The van der Waals surface area contributed by atoms with Crippen LogP contribution in [-0.4, -0.2) is 42.3 Å². The minimum Gasteiger partial charge on any atom is -0.480 e. The molecule has 2 N–H and O–H groups in total. The Kier molecular flexibility index (Phi) is 9.88. The Bertz CT molecular complexity index is 1720. The number of nitrogens with zero attached hydrogens (tertiary/aromatic N) is 1. The van der Waals surface area contributed by atoms with E-state index in [9.17, 15) is 32.7 Å². The van der Waals surface area contributed by atoms with Crippen LogP contribution in [0, 0.1) is 0 Å². The van der Waals surface area contributed by atoms with Crippen LogP contribution in [0.2, 0.25) is 10.0 Å². The van der Waals surface area contributed by atoms with Crippen LogP contribution in [0.5, 0.6) is 0 Å². The third-order valence-electron chi connectivity index (χ3n) is 7.69. The quantitative estimate of drug-likeness (QED) is 0.178. The second kappa shape index (κ2) is 13.8.